The normalized spacial score (nSPS) is 16.0. The number of aliphatic hydroxyl groups excluding tert-OH is 1. The van der Waals surface area contributed by atoms with Crippen molar-refractivity contribution in [2.24, 2.45) is 0 Å². The quantitative estimate of drug-likeness (QED) is 0.423. The summed E-state index contributed by atoms with van der Waals surface area (Å²) in [6.07, 6.45) is -0.411. The van der Waals surface area contributed by atoms with Crippen LogP contribution in [0.4, 0.5) is 0 Å². The van der Waals surface area contributed by atoms with Crippen molar-refractivity contribution in [3.63, 3.8) is 0 Å². The van der Waals surface area contributed by atoms with Gasteiger partial charge in [-0.1, -0.05) is 31.9 Å². The van der Waals surface area contributed by atoms with Crippen molar-refractivity contribution in [1.82, 2.24) is 14.8 Å². The number of aromatic nitrogens is 1. The Morgan fingerprint density at radius 2 is 1.61 bits per heavy atom. The molecule has 4 rings (SSSR count). The smallest absolute Gasteiger partial charge is 0.0845 e. The molecule has 1 unspecified atom stereocenters. The van der Waals surface area contributed by atoms with Crippen molar-refractivity contribution >= 4 is 94.4 Å². The Bertz CT molecular complexity index is 961. The number of benzene rings is 2. The van der Waals surface area contributed by atoms with Crippen molar-refractivity contribution in [2.45, 2.75) is 12.6 Å². The molecule has 4 nitrogen and oxygen atoms in total. The zero-order valence-corrected chi connectivity index (χ0v) is 21.4. The van der Waals surface area contributed by atoms with Crippen molar-refractivity contribution in [3.05, 3.63) is 43.7 Å². The zero-order chi connectivity index (χ0) is 18.3. The third-order valence-electron chi connectivity index (χ3n) is 4.91. The first-order valence-corrected chi connectivity index (χ1v) is 11.1. The maximum absolute atomic E-state index is 10.8. The van der Waals surface area contributed by atoms with Gasteiger partial charge in [0, 0.05) is 62.4 Å². The van der Waals surface area contributed by atoms with Crippen LogP contribution in [0.5, 0.6) is 0 Å². The average Bonchev–Trinajstić information content (AvgIpc) is 2.89. The van der Waals surface area contributed by atoms with Crippen LogP contribution in [0.25, 0.3) is 21.8 Å². The number of nitrogens with one attached hydrogen (secondary N) is 1. The highest BCUT2D eigenvalue weighted by molar-refractivity contribution is 9.11. The topological polar surface area (TPSA) is 40.4 Å². The standard InChI is InChI=1S/C19H20Br3N3O.2ClH/c20-12-1-2-18-15(7-12)16-8-13(21)9-17(22)19(16)25(18)11-14(26)10-24-5-3-23-4-6-24;;/h1-2,7-9,14,23,26H,3-6,10-11H2;2*1H. The van der Waals surface area contributed by atoms with Gasteiger partial charge in [-0.15, -0.1) is 24.8 Å². The van der Waals surface area contributed by atoms with Crippen molar-refractivity contribution in [2.75, 3.05) is 32.7 Å². The van der Waals surface area contributed by atoms with Gasteiger partial charge in [-0.25, -0.2) is 0 Å². The highest BCUT2D eigenvalue weighted by Gasteiger charge is 2.19. The molecule has 0 bridgehead atoms. The number of rotatable bonds is 4. The van der Waals surface area contributed by atoms with E-state index >= 15 is 0 Å². The van der Waals surface area contributed by atoms with E-state index in [0.29, 0.717) is 13.1 Å². The number of halogens is 5. The van der Waals surface area contributed by atoms with Gasteiger partial charge in [0.2, 0.25) is 0 Å². The van der Waals surface area contributed by atoms with E-state index in [2.05, 4.69) is 92.9 Å². The summed E-state index contributed by atoms with van der Waals surface area (Å²) in [6.45, 7) is 5.26. The third kappa shape index (κ3) is 5.06. The van der Waals surface area contributed by atoms with Gasteiger partial charge < -0.3 is 15.0 Å². The average molecular weight is 619 g/mol. The zero-order valence-electron chi connectivity index (χ0n) is 15.0. The Morgan fingerprint density at radius 1 is 0.929 bits per heavy atom. The molecule has 1 atom stereocenters. The number of hydrogen-bond acceptors (Lipinski definition) is 3. The molecule has 3 aromatic rings. The molecule has 0 saturated carbocycles. The predicted molar refractivity (Wildman–Crippen MR) is 132 cm³/mol. The second-order valence-corrected chi connectivity index (χ2v) is 9.45. The Labute approximate surface area is 202 Å². The first-order valence-electron chi connectivity index (χ1n) is 8.70. The first-order chi connectivity index (χ1) is 12.5. The lowest BCUT2D eigenvalue weighted by atomic mass is 10.2. The van der Waals surface area contributed by atoms with Gasteiger partial charge in [0.15, 0.2) is 0 Å². The lowest BCUT2D eigenvalue weighted by Crippen LogP contribution is -2.46. The van der Waals surface area contributed by atoms with Crippen LogP contribution in [0.2, 0.25) is 0 Å². The molecule has 28 heavy (non-hydrogen) atoms. The number of β-amino-alcohol motifs (C(OH)–C–C–N with tert-alkyl or cyclic N) is 1. The summed E-state index contributed by atoms with van der Waals surface area (Å²) in [5, 5.41) is 16.5. The van der Waals surface area contributed by atoms with Gasteiger partial charge in [0.05, 0.1) is 18.2 Å². The molecule has 0 aliphatic carbocycles. The number of nitrogens with zero attached hydrogens (tertiary/aromatic N) is 2. The highest BCUT2D eigenvalue weighted by atomic mass is 79.9. The lowest BCUT2D eigenvalue weighted by molar-refractivity contribution is 0.0935. The predicted octanol–water partition coefficient (Wildman–Crippen LogP) is 5.19. The molecule has 0 radical (unpaired) electrons. The molecule has 2 heterocycles. The molecule has 1 aromatic heterocycles. The van der Waals surface area contributed by atoms with Crippen LogP contribution >= 0.6 is 72.6 Å². The van der Waals surface area contributed by atoms with E-state index < -0.39 is 6.10 Å². The van der Waals surface area contributed by atoms with Crippen LogP contribution in [0.3, 0.4) is 0 Å². The van der Waals surface area contributed by atoms with E-state index in [0.717, 1.165) is 50.6 Å². The minimum absolute atomic E-state index is 0. The highest BCUT2D eigenvalue weighted by Crippen LogP contribution is 2.37. The fourth-order valence-electron chi connectivity index (χ4n) is 3.78. The van der Waals surface area contributed by atoms with E-state index in [1.54, 1.807) is 0 Å². The molecule has 1 fully saturated rings. The fraction of sp³-hybridized carbons (Fsp3) is 0.368. The Balaban J connectivity index is 0.00000140. The largest absolute Gasteiger partial charge is 0.390 e. The number of hydrogen-bond donors (Lipinski definition) is 2. The second-order valence-electron chi connectivity index (χ2n) is 6.76. The molecule has 0 spiro atoms. The maximum atomic E-state index is 10.8. The molecule has 1 aliphatic rings. The molecule has 1 saturated heterocycles. The van der Waals surface area contributed by atoms with Gasteiger partial charge >= 0.3 is 0 Å². The molecule has 0 amide bonds. The van der Waals surface area contributed by atoms with Gasteiger partial charge in [-0.05, 0) is 46.3 Å². The van der Waals surface area contributed by atoms with Crippen LogP contribution in [-0.2, 0) is 6.54 Å². The van der Waals surface area contributed by atoms with Gasteiger partial charge in [0.1, 0.15) is 0 Å². The summed E-state index contributed by atoms with van der Waals surface area (Å²) < 4.78 is 5.36. The summed E-state index contributed by atoms with van der Waals surface area (Å²) in [6, 6.07) is 10.5. The van der Waals surface area contributed by atoms with Gasteiger partial charge in [0.25, 0.3) is 0 Å². The number of fused-ring (bicyclic) bond motifs is 3. The van der Waals surface area contributed by atoms with E-state index in [9.17, 15) is 5.11 Å². The molecule has 9 heteroatoms. The fourth-order valence-corrected chi connectivity index (χ4v) is 5.58. The van der Waals surface area contributed by atoms with E-state index in [4.69, 9.17) is 0 Å². The lowest BCUT2D eigenvalue weighted by Gasteiger charge is -2.29. The third-order valence-corrected chi connectivity index (χ3v) is 6.47. The van der Waals surface area contributed by atoms with E-state index in [-0.39, 0.29) is 24.8 Å². The van der Waals surface area contributed by atoms with Gasteiger partial charge in [-0.2, -0.15) is 0 Å². The Kier molecular flexibility index (Phi) is 9.10. The minimum atomic E-state index is -0.411. The molecule has 2 N–H and O–H groups in total. The summed E-state index contributed by atoms with van der Waals surface area (Å²) in [5.41, 5.74) is 2.27. The molecular weight excluding hydrogens is 597 g/mol. The molecule has 154 valence electrons. The number of aliphatic hydroxyl groups is 1. The maximum Gasteiger partial charge on any atom is 0.0845 e. The summed E-state index contributed by atoms with van der Waals surface area (Å²) >= 11 is 10.9. The Hall–Kier alpha value is 0.140. The van der Waals surface area contributed by atoms with Crippen LogP contribution in [0, 0.1) is 0 Å². The summed E-state index contributed by atoms with van der Waals surface area (Å²) in [4.78, 5) is 2.33. The van der Waals surface area contributed by atoms with Crippen LogP contribution in [0.1, 0.15) is 0 Å². The van der Waals surface area contributed by atoms with E-state index in [1.807, 2.05) is 0 Å². The van der Waals surface area contributed by atoms with Crippen molar-refractivity contribution < 1.29 is 5.11 Å². The van der Waals surface area contributed by atoms with Crippen LogP contribution in [0.15, 0.2) is 43.7 Å². The molecule has 2 aromatic carbocycles. The first kappa shape index (κ1) is 24.4. The van der Waals surface area contributed by atoms with Crippen molar-refractivity contribution in [3.8, 4) is 0 Å². The van der Waals surface area contributed by atoms with Crippen molar-refractivity contribution in [1.29, 1.82) is 0 Å². The summed E-state index contributed by atoms with van der Waals surface area (Å²) in [5.74, 6) is 0. The van der Waals surface area contributed by atoms with Crippen LogP contribution in [-0.4, -0.2) is 53.4 Å². The molecular formula is C19H22Br3Cl2N3O. The Morgan fingerprint density at radius 3 is 2.32 bits per heavy atom. The minimum Gasteiger partial charge on any atom is -0.390 e. The summed E-state index contributed by atoms with van der Waals surface area (Å²) in [7, 11) is 0. The van der Waals surface area contributed by atoms with Gasteiger partial charge in [-0.3, -0.25) is 4.90 Å². The molecule has 1 aliphatic heterocycles. The second kappa shape index (κ2) is 10.4. The number of piperazine rings is 1. The van der Waals surface area contributed by atoms with E-state index in [1.165, 1.54) is 10.8 Å². The monoisotopic (exact) mass is 615 g/mol. The van der Waals surface area contributed by atoms with Crippen LogP contribution < -0.4 is 5.32 Å². The SMILES string of the molecule is Cl.Cl.OC(CN1CCNCC1)Cn1c2ccc(Br)cc2c2cc(Br)cc(Br)c21.